The quantitative estimate of drug-likeness (QED) is 0.0222. The van der Waals surface area contributed by atoms with Crippen molar-refractivity contribution in [3.8, 4) is 0 Å². The highest BCUT2D eigenvalue weighted by Gasteiger charge is 2.31. The molecular formula is C93H182O17P2. The number of ether oxygens (including phenoxy) is 4. The summed E-state index contributed by atoms with van der Waals surface area (Å²) in [4.78, 5) is 73.5. The Kier molecular flexibility index (Phi) is 84.0. The zero-order chi connectivity index (χ0) is 81.8. The van der Waals surface area contributed by atoms with E-state index in [1.807, 2.05) is 0 Å². The summed E-state index contributed by atoms with van der Waals surface area (Å²) in [5.74, 6) is -1.29. The minimum absolute atomic E-state index is 0.109. The van der Waals surface area contributed by atoms with Crippen molar-refractivity contribution < 1.29 is 80.2 Å². The molecule has 0 radical (unpaired) electrons. The average Bonchev–Trinajstić information content (AvgIpc) is 0.889. The molecule has 0 aromatic carbocycles. The summed E-state index contributed by atoms with van der Waals surface area (Å²) < 4.78 is 69.1. The van der Waals surface area contributed by atoms with E-state index in [4.69, 9.17) is 37.0 Å². The summed E-state index contributed by atoms with van der Waals surface area (Å²) in [5.41, 5.74) is 0. The molecule has 0 aromatic rings. The number of aliphatic hydroxyl groups excluding tert-OH is 1. The minimum atomic E-state index is -4.97. The van der Waals surface area contributed by atoms with E-state index in [-0.39, 0.29) is 25.7 Å². The van der Waals surface area contributed by atoms with Crippen LogP contribution in [0.25, 0.3) is 0 Å². The Labute approximate surface area is 689 Å². The maximum atomic E-state index is 13.2. The molecular weight excluding hydrogens is 1450 g/mol. The van der Waals surface area contributed by atoms with Crippen LogP contribution in [0.3, 0.4) is 0 Å². The third kappa shape index (κ3) is 85.9. The van der Waals surface area contributed by atoms with Crippen molar-refractivity contribution in [1.29, 1.82) is 0 Å². The molecule has 5 atom stereocenters. The predicted octanol–water partition coefficient (Wildman–Crippen LogP) is 29.1. The molecule has 0 aliphatic rings. The first-order valence-corrected chi connectivity index (χ1v) is 51.1. The second-order valence-corrected chi connectivity index (χ2v) is 36.8. The zero-order valence-electron chi connectivity index (χ0n) is 73.8. The lowest BCUT2D eigenvalue weighted by atomic mass is 10.0. The maximum Gasteiger partial charge on any atom is 0.472 e. The Balaban J connectivity index is 5.24. The number of hydrogen-bond donors (Lipinski definition) is 3. The van der Waals surface area contributed by atoms with Crippen LogP contribution >= 0.6 is 15.6 Å². The van der Waals surface area contributed by atoms with Gasteiger partial charge >= 0.3 is 39.5 Å². The van der Waals surface area contributed by atoms with Gasteiger partial charge in [0.05, 0.1) is 26.4 Å². The van der Waals surface area contributed by atoms with Crippen molar-refractivity contribution in [2.45, 2.75) is 528 Å². The Bertz CT molecular complexity index is 2120. The summed E-state index contributed by atoms with van der Waals surface area (Å²) in [7, 11) is -9.94. The van der Waals surface area contributed by atoms with Gasteiger partial charge in [-0.25, -0.2) is 9.13 Å². The number of rotatable bonds is 93. The van der Waals surface area contributed by atoms with Gasteiger partial charge in [0.15, 0.2) is 12.2 Å². The van der Waals surface area contributed by atoms with Crippen molar-refractivity contribution in [2.75, 3.05) is 39.6 Å². The van der Waals surface area contributed by atoms with E-state index < -0.39 is 97.5 Å². The number of phosphoric ester groups is 2. The van der Waals surface area contributed by atoms with E-state index in [1.54, 1.807) is 0 Å². The van der Waals surface area contributed by atoms with E-state index in [2.05, 4.69) is 34.6 Å². The van der Waals surface area contributed by atoms with Crippen LogP contribution in [0.15, 0.2) is 0 Å². The molecule has 3 N–H and O–H groups in total. The highest BCUT2D eigenvalue weighted by atomic mass is 31.2. The fourth-order valence-corrected chi connectivity index (χ4v) is 16.3. The number of carbonyl (C=O) groups excluding carboxylic acids is 4. The molecule has 0 saturated heterocycles. The highest BCUT2D eigenvalue weighted by molar-refractivity contribution is 7.47. The Hall–Kier alpha value is -1.94. The fraction of sp³-hybridized carbons (Fsp3) is 0.957. The van der Waals surface area contributed by atoms with Gasteiger partial charge in [-0.3, -0.25) is 37.3 Å². The monoisotopic (exact) mass is 1630 g/mol. The Morgan fingerprint density at radius 1 is 0.241 bits per heavy atom. The average molecular weight is 1630 g/mol. The standard InChI is InChI=1S/C93H182O17P2/c1-6-9-12-15-18-21-24-27-29-31-33-35-36-38-40-44-48-53-58-63-68-73-78-92(97)110-89(83-104-91(96)77-72-67-62-57-52-47-43-39-37-34-32-30-28-25-22-19-16-13-10-7-2)85-108-112(101,102)106-81-87(94)80-105-111(99,100)107-84-88(82-103-90(95)76-71-66-61-56-51-26-23-20-17-14-11-8-3)109-93(98)79-74-69-64-59-54-49-45-41-42-46-50-55-60-65-70-75-86(4)5/h86-89,94H,6-85H2,1-5H3,(H,99,100)(H,101,102)/t87-,88+,89+/m0/s1. The van der Waals surface area contributed by atoms with Crippen molar-refractivity contribution >= 4 is 39.5 Å². The summed E-state index contributed by atoms with van der Waals surface area (Å²) in [6.45, 7) is 7.43. The first-order valence-electron chi connectivity index (χ1n) is 48.1. The summed E-state index contributed by atoms with van der Waals surface area (Å²) in [6.07, 6.45) is 82.1. The second-order valence-electron chi connectivity index (χ2n) is 33.9. The normalized spacial score (nSPS) is 13.7. The van der Waals surface area contributed by atoms with E-state index in [0.29, 0.717) is 25.7 Å². The molecule has 2 unspecified atom stereocenters. The summed E-state index contributed by atoms with van der Waals surface area (Å²) in [6, 6.07) is 0. The van der Waals surface area contributed by atoms with E-state index in [0.717, 1.165) is 95.8 Å². The van der Waals surface area contributed by atoms with Crippen LogP contribution in [0.2, 0.25) is 0 Å². The van der Waals surface area contributed by atoms with E-state index in [9.17, 15) is 43.2 Å². The molecule has 0 aliphatic heterocycles. The molecule has 0 spiro atoms. The molecule has 0 amide bonds. The van der Waals surface area contributed by atoms with Crippen molar-refractivity contribution in [2.24, 2.45) is 5.92 Å². The smallest absolute Gasteiger partial charge is 0.462 e. The minimum Gasteiger partial charge on any atom is -0.462 e. The molecule has 0 saturated carbocycles. The van der Waals surface area contributed by atoms with Crippen LogP contribution in [-0.2, 0) is 65.4 Å². The lowest BCUT2D eigenvalue weighted by Crippen LogP contribution is -2.30. The fourth-order valence-electron chi connectivity index (χ4n) is 14.7. The summed E-state index contributed by atoms with van der Waals surface area (Å²) >= 11 is 0. The second kappa shape index (κ2) is 85.5. The molecule has 0 bridgehead atoms. The van der Waals surface area contributed by atoms with Crippen molar-refractivity contribution in [3.63, 3.8) is 0 Å². The van der Waals surface area contributed by atoms with Gasteiger partial charge in [0.1, 0.15) is 19.3 Å². The molecule has 17 nitrogen and oxygen atoms in total. The van der Waals surface area contributed by atoms with Gasteiger partial charge in [-0.15, -0.1) is 0 Å². The number of carbonyl (C=O) groups is 4. The van der Waals surface area contributed by atoms with Gasteiger partial charge in [-0.2, -0.15) is 0 Å². The van der Waals surface area contributed by atoms with Gasteiger partial charge in [0, 0.05) is 25.7 Å². The largest absolute Gasteiger partial charge is 0.472 e. The van der Waals surface area contributed by atoms with Gasteiger partial charge in [-0.1, -0.05) is 458 Å². The predicted molar refractivity (Wildman–Crippen MR) is 465 cm³/mol. The maximum absolute atomic E-state index is 13.2. The third-order valence-corrected chi connectivity index (χ3v) is 23.9. The number of phosphoric acid groups is 2. The molecule has 0 fully saturated rings. The van der Waals surface area contributed by atoms with E-state index >= 15 is 0 Å². The Morgan fingerprint density at radius 2 is 0.411 bits per heavy atom. The van der Waals surface area contributed by atoms with Crippen LogP contribution in [0.1, 0.15) is 510 Å². The van der Waals surface area contributed by atoms with Crippen LogP contribution in [-0.4, -0.2) is 96.7 Å². The van der Waals surface area contributed by atoms with E-state index in [1.165, 1.54) is 334 Å². The van der Waals surface area contributed by atoms with Gasteiger partial charge < -0.3 is 33.8 Å². The number of hydrogen-bond acceptors (Lipinski definition) is 15. The molecule has 0 aliphatic carbocycles. The lowest BCUT2D eigenvalue weighted by Gasteiger charge is -2.21. The molecule has 0 rings (SSSR count). The molecule has 0 aromatic heterocycles. The van der Waals surface area contributed by atoms with Crippen LogP contribution in [0.5, 0.6) is 0 Å². The van der Waals surface area contributed by atoms with Crippen LogP contribution in [0, 0.1) is 5.92 Å². The third-order valence-electron chi connectivity index (χ3n) is 22.0. The number of unbranched alkanes of at least 4 members (excludes halogenated alkanes) is 65. The van der Waals surface area contributed by atoms with Crippen LogP contribution < -0.4 is 0 Å². The Morgan fingerprint density at radius 3 is 0.607 bits per heavy atom. The van der Waals surface area contributed by atoms with Crippen LogP contribution in [0.4, 0.5) is 0 Å². The molecule has 666 valence electrons. The van der Waals surface area contributed by atoms with Gasteiger partial charge in [0.25, 0.3) is 0 Å². The number of esters is 4. The lowest BCUT2D eigenvalue weighted by molar-refractivity contribution is -0.161. The first-order chi connectivity index (χ1) is 54.5. The zero-order valence-corrected chi connectivity index (χ0v) is 75.6. The molecule has 19 heteroatoms. The van der Waals surface area contributed by atoms with Crippen molar-refractivity contribution in [3.05, 3.63) is 0 Å². The van der Waals surface area contributed by atoms with Crippen molar-refractivity contribution in [1.82, 2.24) is 0 Å². The summed E-state index contributed by atoms with van der Waals surface area (Å²) in [5, 5.41) is 10.7. The topological polar surface area (TPSA) is 237 Å². The molecule has 112 heavy (non-hydrogen) atoms. The highest BCUT2D eigenvalue weighted by Crippen LogP contribution is 2.45. The van der Waals surface area contributed by atoms with Gasteiger partial charge in [0.2, 0.25) is 0 Å². The van der Waals surface area contributed by atoms with Gasteiger partial charge in [-0.05, 0) is 31.6 Å². The molecule has 0 heterocycles. The number of aliphatic hydroxyl groups is 1. The first kappa shape index (κ1) is 110. The SMILES string of the molecule is CCCCCCCCCCCCCCCCCCCCCCCCC(=O)O[C@H](COC(=O)CCCCCCCCCCCCCCCCCCCCCC)COP(=O)(O)OC[C@@H](O)COP(=O)(O)OC[C@@H](COC(=O)CCCCCCCCCCCCCC)OC(=O)CCCCCCCCCCCCCCCCCC(C)C.